The number of hydrogen-bond acceptors (Lipinski definition) is 2. The van der Waals surface area contributed by atoms with Crippen LogP contribution in [0.25, 0.3) is 10.9 Å². The SMILES string of the molecule is COc1ccc2[nH]c(C(=O)NC(C)C3CC4CCC3C4)cc2c1. The quantitative estimate of drug-likeness (QED) is 0.904. The fourth-order valence-electron chi connectivity index (χ4n) is 4.66. The first-order valence-corrected chi connectivity index (χ1v) is 8.61. The van der Waals surface area contributed by atoms with Gasteiger partial charge in [0.25, 0.3) is 5.91 Å². The summed E-state index contributed by atoms with van der Waals surface area (Å²) < 4.78 is 5.24. The first-order chi connectivity index (χ1) is 11.1. The Kier molecular flexibility index (Phi) is 3.55. The summed E-state index contributed by atoms with van der Waals surface area (Å²) in [7, 11) is 1.65. The summed E-state index contributed by atoms with van der Waals surface area (Å²) in [4.78, 5) is 15.8. The molecule has 0 radical (unpaired) electrons. The van der Waals surface area contributed by atoms with Gasteiger partial charge in [0.1, 0.15) is 11.4 Å². The number of hydrogen-bond donors (Lipinski definition) is 2. The molecule has 4 nitrogen and oxygen atoms in total. The summed E-state index contributed by atoms with van der Waals surface area (Å²) >= 11 is 0. The van der Waals surface area contributed by atoms with Gasteiger partial charge >= 0.3 is 0 Å². The van der Waals surface area contributed by atoms with Gasteiger partial charge in [-0.15, -0.1) is 0 Å². The molecule has 2 aliphatic rings. The van der Waals surface area contributed by atoms with Crippen LogP contribution in [0.1, 0.15) is 43.1 Å². The van der Waals surface area contributed by atoms with Gasteiger partial charge in [0.15, 0.2) is 0 Å². The Hall–Kier alpha value is -1.97. The van der Waals surface area contributed by atoms with Crippen molar-refractivity contribution >= 4 is 16.8 Å². The van der Waals surface area contributed by atoms with Gasteiger partial charge in [-0.3, -0.25) is 4.79 Å². The fourth-order valence-corrected chi connectivity index (χ4v) is 4.66. The van der Waals surface area contributed by atoms with Crippen molar-refractivity contribution < 1.29 is 9.53 Å². The highest BCUT2D eigenvalue weighted by Crippen LogP contribution is 2.49. The van der Waals surface area contributed by atoms with Gasteiger partial charge in [0.05, 0.1) is 7.11 Å². The van der Waals surface area contributed by atoms with E-state index in [9.17, 15) is 4.79 Å². The first-order valence-electron chi connectivity index (χ1n) is 8.61. The third kappa shape index (κ3) is 2.60. The standard InChI is InChI=1S/C19H24N2O2/c1-11(16-8-12-3-4-13(16)7-12)20-19(22)18-10-14-9-15(23-2)5-6-17(14)21-18/h5-6,9-13,16,21H,3-4,7-8H2,1-2H3,(H,20,22). The molecule has 2 fully saturated rings. The van der Waals surface area contributed by atoms with Crippen molar-refractivity contribution in [2.75, 3.05) is 7.11 Å². The monoisotopic (exact) mass is 312 g/mol. The van der Waals surface area contributed by atoms with Crippen molar-refractivity contribution in [2.45, 2.75) is 38.6 Å². The normalized spacial score (nSPS) is 27.3. The molecule has 2 bridgehead atoms. The van der Waals surface area contributed by atoms with E-state index < -0.39 is 0 Å². The van der Waals surface area contributed by atoms with Gasteiger partial charge in [-0.1, -0.05) is 6.42 Å². The number of amides is 1. The molecule has 122 valence electrons. The Morgan fingerprint density at radius 2 is 2.17 bits per heavy atom. The molecule has 2 saturated carbocycles. The van der Waals surface area contributed by atoms with Crippen LogP contribution in [-0.2, 0) is 0 Å². The minimum Gasteiger partial charge on any atom is -0.497 e. The van der Waals surface area contributed by atoms with Gasteiger partial charge in [-0.2, -0.15) is 0 Å². The second-order valence-electron chi connectivity index (χ2n) is 7.24. The minimum atomic E-state index is -0.00422. The van der Waals surface area contributed by atoms with Crippen LogP contribution in [-0.4, -0.2) is 24.0 Å². The molecule has 0 aliphatic heterocycles. The lowest BCUT2D eigenvalue weighted by molar-refractivity contribution is 0.0911. The van der Waals surface area contributed by atoms with Crippen LogP contribution in [0.4, 0.5) is 0 Å². The van der Waals surface area contributed by atoms with Gasteiger partial charge in [0, 0.05) is 16.9 Å². The van der Waals surface area contributed by atoms with Crippen molar-refractivity contribution in [2.24, 2.45) is 17.8 Å². The van der Waals surface area contributed by atoms with Crippen LogP contribution in [0.5, 0.6) is 5.75 Å². The van der Waals surface area contributed by atoms with Crippen LogP contribution >= 0.6 is 0 Å². The van der Waals surface area contributed by atoms with Gasteiger partial charge in [-0.25, -0.2) is 0 Å². The summed E-state index contributed by atoms with van der Waals surface area (Å²) in [6.45, 7) is 2.16. The Balaban J connectivity index is 1.48. The summed E-state index contributed by atoms with van der Waals surface area (Å²) in [5, 5.41) is 4.21. The van der Waals surface area contributed by atoms with Gasteiger partial charge in [0.2, 0.25) is 0 Å². The maximum absolute atomic E-state index is 12.6. The molecule has 4 atom stereocenters. The number of rotatable bonds is 4. The third-order valence-electron chi connectivity index (χ3n) is 5.87. The van der Waals surface area contributed by atoms with E-state index in [1.54, 1.807) is 7.11 Å². The summed E-state index contributed by atoms with van der Waals surface area (Å²) in [6.07, 6.45) is 5.40. The molecule has 23 heavy (non-hydrogen) atoms. The maximum Gasteiger partial charge on any atom is 0.267 e. The average molecular weight is 312 g/mol. The van der Waals surface area contributed by atoms with Crippen LogP contribution in [0.3, 0.4) is 0 Å². The Morgan fingerprint density at radius 3 is 2.87 bits per heavy atom. The Morgan fingerprint density at radius 1 is 1.30 bits per heavy atom. The van der Waals surface area contributed by atoms with Crippen LogP contribution in [0.2, 0.25) is 0 Å². The number of ether oxygens (including phenoxy) is 1. The molecule has 0 saturated heterocycles. The van der Waals surface area contributed by atoms with E-state index in [1.807, 2.05) is 24.3 Å². The summed E-state index contributed by atoms with van der Waals surface area (Å²) in [6, 6.07) is 7.95. The van der Waals surface area contributed by atoms with Crippen LogP contribution in [0, 0.1) is 17.8 Å². The topological polar surface area (TPSA) is 54.1 Å². The van der Waals surface area contributed by atoms with E-state index in [4.69, 9.17) is 4.74 Å². The number of carbonyl (C=O) groups is 1. The molecule has 1 aromatic heterocycles. The van der Waals surface area contributed by atoms with Gasteiger partial charge < -0.3 is 15.0 Å². The number of nitrogens with one attached hydrogen (secondary N) is 2. The molecule has 2 N–H and O–H groups in total. The second-order valence-corrected chi connectivity index (χ2v) is 7.24. The number of aromatic amines is 1. The van der Waals surface area contributed by atoms with Crippen LogP contribution < -0.4 is 10.1 Å². The first kappa shape index (κ1) is 14.6. The lowest BCUT2D eigenvalue weighted by Crippen LogP contribution is -2.40. The van der Waals surface area contributed by atoms with Crippen molar-refractivity contribution in [3.63, 3.8) is 0 Å². The molecule has 1 amide bonds. The van der Waals surface area contributed by atoms with Crippen molar-refractivity contribution in [3.8, 4) is 5.75 Å². The molecular formula is C19H24N2O2. The number of methoxy groups -OCH3 is 1. The molecular weight excluding hydrogens is 288 g/mol. The summed E-state index contributed by atoms with van der Waals surface area (Å²) in [5.41, 5.74) is 1.59. The highest BCUT2D eigenvalue weighted by atomic mass is 16.5. The summed E-state index contributed by atoms with van der Waals surface area (Å²) in [5.74, 6) is 3.18. The lowest BCUT2D eigenvalue weighted by Gasteiger charge is -2.28. The lowest BCUT2D eigenvalue weighted by atomic mass is 9.84. The third-order valence-corrected chi connectivity index (χ3v) is 5.87. The van der Waals surface area contributed by atoms with Crippen molar-refractivity contribution in [1.29, 1.82) is 0 Å². The predicted molar refractivity (Wildman–Crippen MR) is 90.7 cm³/mol. The zero-order valence-corrected chi connectivity index (χ0v) is 13.8. The smallest absolute Gasteiger partial charge is 0.267 e. The Bertz CT molecular complexity index is 736. The molecule has 1 heterocycles. The maximum atomic E-state index is 12.6. The highest BCUT2D eigenvalue weighted by molar-refractivity contribution is 5.98. The van der Waals surface area contributed by atoms with Crippen molar-refractivity contribution in [1.82, 2.24) is 10.3 Å². The number of benzene rings is 1. The predicted octanol–water partition coefficient (Wildman–Crippen LogP) is 3.73. The molecule has 2 aromatic rings. The number of fused-ring (bicyclic) bond motifs is 3. The second kappa shape index (κ2) is 5.59. The molecule has 4 heteroatoms. The average Bonchev–Trinajstić information content (AvgIpc) is 3.28. The van der Waals surface area contributed by atoms with Crippen LogP contribution in [0.15, 0.2) is 24.3 Å². The van der Waals surface area contributed by atoms with E-state index in [2.05, 4.69) is 17.2 Å². The number of carbonyl (C=O) groups excluding carboxylic acids is 1. The van der Waals surface area contributed by atoms with Gasteiger partial charge in [-0.05, 0) is 68.2 Å². The largest absolute Gasteiger partial charge is 0.497 e. The molecule has 0 spiro atoms. The molecule has 4 unspecified atom stereocenters. The molecule has 4 rings (SSSR count). The number of H-pyrrole nitrogens is 1. The van der Waals surface area contributed by atoms with E-state index in [0.29, 0.717) is 11.6 Å². The minimum absolute atomic E-state index is 0.00422. The van der Waals surface area contributed by atoms with E-state index in [-0.39, 0.29) is 11.9 Å². The van der Waals surface area contributed by atoms with Crippen molar-refractivity contribution in [3.05, 3.63) is 30.0 Å². The Labute approximate surface area is 136 Å². The number of aromatic nitrogens is 1. The van der Waals surface area contributed by atoms with E-state index in [0.717, 1.165) is 28.5 Å². The molecule has 2 aliphatic carbocycles. The zero-order valence-electron chi connectivity index (χ0n) is 13.8. The van der Waals surface area contributed by atoms with E-state index >= 15 is 0 Å². The highest BCUT2D eigenvalue weighted by Gasteiger charge is 2.42. The zero-order chi connectivity index (χ0) is 16.0. The van der Waals surface area contributed by atoms with E-state index in [1.165, 1.54) is 25.7 Å². The molecule has 1 aromatic carbocycles. The fraction of sp³-hybridized carbons (Fsp3) is 0.526.